The molecule has 0 amide bonds. The minimum atomic E-state index is -0.836. The van der Waals surface area contributed by atoms with Crippen LogP contribution >= 0.6 is 22.9 Å². The molecule has 1 atom stereocenters. The molecule has 1 rings (SSSR count). The fraction of sp³-hybridized carbons (Fsp3) is 0.333. The van der Waals surface area contributed by atoms with Crippen LogP contribution in [0.3, 0.4) is 0 Å². The quantitative estimate of drug-likeness (QED) is 0.703. The molecule has 0 saturated heterocycles. The van der Waals surface area contributed by atoms with Crippen molar-refractivity contribution in [2.75, 3.05) is 7.11 Å². The normalized spacial score (nSPS) is 13.5. The van der Waals surface area contributed by atoms with Gasteiger partial charge < -0.3 is 9.84 Å². The van der Waals surface area contributed by atoms with Crippen molar-refractivity contribution in [3.8, 4) is 0 Å². The number of halogens is 1. The highest BCUT2D eigenvalue weighted by molar-refractivity contribution is 7.10. The second kappa shape index (κ2) is 3.34. The van der Waals surface area contributed by atoms with Gasteiger partial charge in [0, 0.05) is 12.5 Å². The van der Waals surface area contributed by atoms with Gasteiger partial charge in [-0.25, -0.2) is 0 Å². The number of hydrogen-bond donors (Lipinski definition) is 1. The van der Waals surface area contributed by atoms with E-state index in [0.717, 1.165) is 4.88 Å². The highest BCUT2D eigenvalue weighted by atomic mass is 35.5. The lowest BCUT2D eigenvalue weighted by molar-refractivity contribution is -0.0743. The topological polar surface area (TPSA) is 29.5 Å². The van der Waals surface area contributed by atoms with Crippen molar-refractivity contribution in [1.82, 2.24) is 0 Å². The van der Waals surface area contributed by atoms with E-state index in [2.05, 4.69) is 4.74 Å². The lowest BCUT2D eigenvalue weighted by Gasteiger charge is -2.02. The Morgan fingerprint density at radius 3 is 2.90 bits per heavy atom. The first-order chi connectivity index (χ1) is 4.74. The van der Waals surface area contributed by atoms with E-state index in [1.807, 2.05) is 0 Å². The predicted molar refractivity (Wildman–Crippen MR) is 41.3 cm³/mol. The van der Waals surface area contributed by atoms with Crippen LogP contribution in [0.5, 0.6) is 0 Å². The second-order valence-electron chi connectivity index (χ2n) is 1.76. The summed E-state index contributed by atoms with van der Waals surface area (Å²) >= 11 is 6.98. The number of methoxy groups -OCH3 is 1. The van der Waals surface area contributed by atoms with Crippen LogP contribution < -0.4 is 0 Å². The van der Waals surface area contributed by atoms with Crippen molar-refractivity contribution < 1.29 is 9.84 Å². The zero-order chi connectivity index (χ0) is 7.56. The lowest BCUT2D eigenvalue weighted by Crippen LogP contribution is -1.95. The van der Waals surface area contributed by atoms with Crippen molar-refractivity contribution in [2.24, 2.45) is 0 Å². The number of rotatable bonds is 2. The molecule has 0 aliphatic heterocycles. The fourth-order valence-electron chi connectivity index (χ4n) is 0.574. The third kappa shape index (κ3) is 1.70. The van der Waals surface area contributed by atoms with E-state index in [4.69, 9.17) is 16.7 Å². The molecule has 0 fully saturated rings. The molecule has 1 aromatic heterocycles. The summed E-state index contributed by atoms with van der Waals surface area (Å²) < 4.78 is 4.66. The summed E-state index contributed by atoms with van der Waals surface area (Å²) in [6.07, 6.45) is -0.836. The molecule has 0 aromatic carbocycles. The van der Waals surface area contributed by atoms with E-state index in [0.29, 0.717) is 5.02 Å². The number of ether oxygens (including phenoxy) is 1. The van der Waals surface area contributed by atoms with E-state index in [9.17, 15) is 0 Å². The standard InChI is InChI=1S/C6H7ClO2S/c1-9-6(8)5-2-4(7)3-10-5/h2-3,6,8H,1H3/t6-/m0/s1. The minimum absolute atomic E-state index is 0.635. The summed E-state index contributed by atoms with van der Waals surface area (Å²) in [6, 6.07) is 1.68. The minimum Gasteiger partial charge on any atom is -0.364 e. The Kier molecular flexibility index (Phi) is 2.68. The van der Waals surface area contributed by atoms with Gasteiger partial charge in [-0.1, -0.05) is 11.6 Å². The van der Waals surface area contributed by atoms with Crippen molar-refractivity contribution in [2.45, 2.75) is 6.29 Å². The number of aliphatic hydroxyl groups excluding tert-OH is 1. The first-order valence-electron chi connectivity index (χ1n) is 2.69. The van der Waals surface area contributed by atoms with Gasteiger partial charge in [-0.15, -0.1) is 11.3 Å². The molecule has 0 aliphatic carbocycles. The maximum absolute atomic E-state index is 9.07. The first-order valence-corrected chi connectivity index (χ1v) is 3.94. The van der Waals surface area contributed by atoms with Crippen LogP contribution in [0.2, 0.25) is 5.02 Å². The Morgan fingerprint density at radius 1 is 1.80 bits per heavy atom. The SMILES string of the molecule is CO[C@H](O)c1cc(Cl)cs1. The van der Waals surface area contributed by atoms with E-state index < -0.39 is 6.29 Å². The number of thiophene rings is 1. The molecule has 1 heterocycles. The third-order valence-electron chi connectivity index (χ3n) is 1.05. The largest absolute Gasteiger partial charge is 0.364 e. The average Bonchev–Trinajstić information content (AvgIpc) is 2.34. The summed E-state index contributed by atoms with van der Waals surface area (Å²) in [5.41, 5.74) is 0. The van der Waals surface area contributed by atoms with E-state index in [1.165, 1.54) is 18.4 Å². The average molecular weight is 179 g/mol. The molecule has 0 spiro atoms. The molecule has 10 heavy (non-hydrogen) atoms. The monoisotopic (exact) mass is 178 g/mol. The van der Waals surface area contributed by atoms with Gasteiger partial charge in [0.1, 0.15) is 0 Å². The maximum atomic E-state index is 9.07. The maximum Gasteiger partial charge on any atom is 0.190 e. The summed E-state index contributed by atoms with van der Waals surface area (Å²) in [5.74, 6) is 0. The molecule has 4 heteroatoms. The summed E-state index contributed by atoms with van der Waals surface area (Å²) in [6.45, 7) is 0. The highest BCUT2D eigenvalue weighted by Gasteiger charge is 2.06. The van der Waals surface area contributed by atoms with Crippen molar-refractivity contribution in [3.63, 3.8) is 0 Å². The summed E-state index contributed by atoms with van der Waals surface area (Å²) in [4.78, 5) is 0.729. The van der Waals surface area contributed by atoms with Gasteiger partial charge in [0.15, 0.2) is 6.29 Å². The van der Waals surface area contributed by atoms with Gasteiger partial charge in [-0.05, 0) is 6.07 Å². The van der Waals surface area contributed by atoms with Gasteiger partial charge in [-0.2, -0.15) is 0 Å². The van der Waals surface area contributed by atoms with Crippen LogP contribution in [0.1, 0.15) is 11.2 Å². The number of aliphatic hydroxyl groups is 1. The van der Waals surface area contributed by atoms with Crippen LogP contribution in [-0.2, 0) is 4.74 Å². The lowest BCUT2D eigenvalue weighted by atomic mass is 10.4. The van der Waals surface area contributed by atoms with E-state index in [1.54, 1.807) is 11.4 Å². The second-order valence-corrected chi connectivity index (χ2v) is 3.13. The van der Waals surface area contributed by atoms with Crippen molar-refractivity contribution in [3.05, 3.63) is 21.3 Å². The van der Waals surface area contributed by atoms with Gasteiger partial charge in [0.25, 0.3) is 0 Å². The molecule has 0 unspecified atom stereocenters. The molecule has 1 aromatic rings. The molecule has 0 aliphatic rings. The third-order valence-corrected chi connectivity index (χ3v) is 2.37. The van der Waals surface area contributed by atoms with E-state index >= 15 is 0 Å². The van der Waals surface area contributed by atoms with Crippen molar-refractivity contribution in [1.29, 1.82) is 0 Å². The molecule has 1 N–H and O–H groups in total. The first kappa shape index (κ1) is 8.01. The van der Waals surface area contributed by atoms with Crippen LogP contribution in [0, 0.1) is 0 Å². The van der Waals surface area contributed by atoms with Crippen LogP contribution in [0.15, 0.2) is 11.4 Å². The zero-order valence-corrected chi connectivity index (χ0v) is 6.95. The Balaban J connectivity index is 2.74. The zero-order valence-electron chi connectivity index (χ0n) is 5.37. The molecular weight excluding hydrogens is 172 g/mol. The van der Waals surface area contributed by atoms with Gasteiger partial charge in [0.2, 0.25) is 0 Å². The highest BCUT2D eigenvalue weighted by Crippen LogP contribution is 2.24. The van der Waals surface area contributed by atoms with Crippen molar-refractivity contribution >= 4 is 22.9 Å². The van der Waals surface area contributed by atoms with E-state index in [-0.39, 0.29) is 0 Å². The smallest absolute Gasteiger partial charge is 0.190 e. The van der Waals surface area contributed by atoms with Crippen LogP contribution in [0.25, 0.3) is 0 Å². The Morgan fingerprint density at radius 2 is 2.50 bits per heavy atom. The Hall–Kier alpha value is -0.0900. The Bertz CT molecular complexity index is 211. The predicted octanol–water partition coefficient (Wildman–Crippen LogP) is 2.04. The number of hydrogen-bond acceptors (Lipinski definition) is 3. The summed E-state index contributed by atoms with van der Waals surface area (Å²) in [7, 11) is 1.44. The van der Waals surface area contributed by atoms with Gasteiger partial charge in [0.05, 0.1) is 9.90 Å². The van der Waals surface area contributed by atoms with Gasteiger partial charge >= 0.3 is 0 Å². The molecule has 2 nitrogen and oxygen atoms in total. The molecular formula is C6H7ClO2S. The summed E-state index contributed by atoms with van der Waals surface area (Å²) in [5, 5.41) is 11.5. The molecule has 56 valence electrons. The molecule has 0 saturated carbocycles. The molecule has 0 radical (unpaired) electrons. The molecule has 0 bridgehead atoms. The Labute approximate surface area is 68.0 Å². The van der Waals surface area contributed by atoms with Crippen LogP contribution in [-0.4, -0.2) is 12.2 Å². The van der Waals surface area contributed by atoms with Crippen LogP contribution in [0.4, 0.5) is 0 Å². The fourth-order valence-corrected chi connectivity index (χ4v) is 1.61. The van der Waals surface area contributed by atoms with Gasteiger partial charge in [-0.3, -0.25) is 0 Å².